The van der Waals surface area contributed by atoms with Gasteiger partial charge in [-0.05, 0) is 42.0 Å². The molecule has 2 heterocycles. The lowest BCUT2D eigenvalue weighted by molar-refractivity contribution is -0.293. The molecule has 6 heteroatoms. The average molecular weight is 409 g/mol. The van der Waals surface area contributed by atoms with Gasteiger partial charge in [0.25, 0.3) is 0 Å². The summed E-state index contributed by atoms with van der Waals surface area (Å²) in [5, 5.41) is 0. The Kier molecular flexibility index (Phi) is 5.77. The lowest BCUT2D eigenvalue weighted by Gasteiger charge is -2.46. The normalized spacial score (nSPS) is 23.3. The van der Waals surface area contributed by atoms with Crippen LogP contribution in [0.15, 0.2) is 54.6 Å². The first-order chi connectivity index (χ1) is 14.5. The van der Waals surface area contributed by atoms with E-state index in [-0.39, 0.29) is 5.92 Å². The molecule has 2 saturated heterocycles. The second-order valence-corrected chi connectivity index (χ2v) is 8.19. The molecule has 0 bridgehead atoms. The molecule has 30 heavy (non-hydrogen) atoms. The van der Waals surface area contributed by atoms with Gasteiger partial charge < -0.3 is 14.2 Å². The van der Waals surface area contributed by atoms with Crippen molar-refractivity contribution in [1.82, 2.24) is 4.90 Å². The van der Waals surface area contributed by atoms with Crippen molar-refractivity contribution in [2.24, 2.45) is 11.8 Å². The molecule has 2 aromatic rings. The number of piperidine rings is 1. The van der Waals surface area contributed by atoms with E-state index in [0.29, 0.717) is 25.6 Å². The molecule has 4 rings (SSSR count). The Morgan fingerprint density at radius 3 is 2.27 bits per heavy atom. The van der Waals surface area contributed by atoms with Crippen LogP contribution >= 0.6 is 0 Å². The van der Waals surface area contributed by atoms with Crippen LogP contribution in [-0.2, 0) is 19.1 Å². The van der Waals surface area contributed by atoms with E-state index >= 15 is 0 Å². The van der Waals surface area contributed by atoms with Crippen LogP contribution in [0, 0.1) is 11.8 Å². The molecule has 2 aliphatic rings. The quantitative estimate of drug-likeness (QED) is 0.410. The van der Waals surface area contributed by atoms with Crippen molar-refractivity contribution in [3.63, 3.8) is 0 Å². The van der Waals surface area contributed by atoms with Gasteiger partial charge in [-0.15, -0.1) is 0 Å². The van der Waals surface area contributed by atoms with Crippen LogP contribution in [-0.4, -0.2) is 42.4 Å². The third-order valence-corrected chi connectivity index (χ3v) is 5.80. The monoisotopic (exact) mass is 409 g/mol. The minimum Gasteiger partial charge on any atom is -0.494 e. The first-order valence-corrected chi connectivity index (χ1v) is 10.5. The van der Waals surface area contributed by atoms with Crippen molar-refractivity contribution in [2.75, 3.05) is 19.7 Å². The van der Waals surface area contributed by atoms with Crippen LogP contribution in [0.1, 0.15) is 26.7 Å². The fraction of sp³-hybridized carbons (Fsp3) is 0.417. The number of likely N-dealkylation sites (tertiary alicyclic amines) is 1. The zero-order valence-corrected chi connectivity index (χ0v) is 17.4. The summed E-state index contributed by atoms with van der Waals surface area (Å²) in [6.45, 7) is 5.94. The molecule has 0 unspecified atom stereocenters. The first kappa shape index (κ1) is 20.4. The highest BCUT2D eigenvalue weighted by atomic mass is 16.8. The highest BCUT2D eigenvalue weighted by Gasteiger charge is 2.58. The van der Waals surface area contributed by atoms with Crippen LogP contribution in [0.25, 0.3) is 11.1 Å². The van der Waals surface area contributed by atoms with Crippen molar-refractivity contribution < 1.29 is 23.8 Å². The first-order valence-electron chi connectivity index (χ1n) is 10.5. The summed E-state index contributed by atoms with van der Waals surface area (Å²) in [6.07, 6.45) is 1.55. The van der Waals surface area contributed by atoms with Gasteiger partial charge in [-0.2, -0.15) is 0 Å². The zero-order valence-electron chi connectivity index (χ0n) is 17.4. The van der Waals surface area contributed by atoms with Crippen molar-refractivity contribution in [1.29, 1.82) is 0 Å². The zero-order chi connectivity index (χ0) is 21.1. The van der Waals surface area contributed by atoms with E-state index in [9.17, 15) is 9.59 Å². The highest BCUT2D eigenvalue weighted by molar-refractivity contribution is 6.31. The number of rotatable bonds is 6. The number of benzene rings is 2. The van der Waals surface area contributed by atoms with Gasteiger partial charge in [0.1, 0.15) is 5.75 Å². The standard InChI is InChI=1S/C24H27NO5/c1-17-15-18(2)24(29-22(26)23(27)30-24)25(16-17)13-6-14-28-21-11-9-20(10-12-21)19-7-4-3-5-8-19/h3-5,7-12,17-18H,6,13-16H2,1-2H3/t17-,18-/m0/s1. The summed E-state index contributed by atoms with van der Waals surface area (Å²) in [6, 6.07) is 18.2. The molecule has 0 aromatic heterocycles. The van der Waals surface area contributed by atoms with E-state index in [2.05, 4.69) is 19.1 Å². The third kappa shape index (κ3) is 4.05. The Hall–Kier alpha value is -2.86. The molecular formula is C24H27NO5. The molecule has 2 aromatic carbocycles. The van der Waals surface area contributed by atoms with E-state index in [1.165, 1.54) is 5.56 Å². The van der Waals surface area contributed by atoms with Gasteiger partial charge in [-0.1, -0.05) is 56.3 Å². The fourth-order valence-electron chi connectivity index (χ4n) is 4.41. The van der Waals surface area contributed by atoms with Crippen LogP contribution in [0.4, 0.5) is 0 Å². The number of ether oxygens (including phenoxy) is 3. The summed E-state index contributed by atoms with van der Waals surface area (Å²) < 4.78 is 16.7. The maximum atomic E-state index is 11.7. The van der Waals surface area contributed by atoms with Gasteiger partial charge in [0, 0.05) is 13.1 Å². The summed E-state index contributed by atoms with van der Waals surface area (Å²) >= 11 is 0. The molecule has 0 saturated carbocycles. The van der Waals surface area contributed by atoms with Gasteiger partial charge in [0.2, 0.25) is 0 Å². The molecule has 158 valence electrons. The van der Waals surface area contributed by atoms with Gasteiger partial charge >= 0.3 is 17.8 Å². The maximum Gasteiger partial charge on any atom is 0.421 e. The molecule has 1 spiro atoms. The Morgan fingerprint density at radius 2 is 1.60 bits per heavy atom. The van der Waals surface area contributed by atoms with Crippen molar-refractivity contribution in [2.45, 2.75) is 32.6 Å². The SMILES string of the molecule is C[C@H]1C[C@H](C)C2(OC(=O)C(=O)O2)N(CCCOc2ccc(-c3ccccc3)cc2)C1. The summed E-state index contributed by atoms with van der Waals surface area (Å²) in [5.74, 6) is -1.92. The molecule has 6 nitrogen and oxygen atoms in total. The second kappa shape index (κ2) is 8.48. The van der Waals surface area contributed by atoms with Crippen molar-refractivity contribution in [3.05, 3.63) is 54.6 Å². The predicted octanol–water partition coefficient (Wildman–Crippen LogP) is 3.85. The van der Waals surface area contributed by atoms with E-state index in [4.69, 9.17) is 14.2 Å². The third-order valence-electron chi connectivity index (χ3n) is 5.80. The van der Waals surface area contributed by atoms with Crippen LogP contribution in [0.3, 0.4) is 0 Å². The maximum absolute atomic E-state index is 11.7. The summed E-state index contributed by atoms with van der Waals surface area (Å²) in [7, 11) is 0. The molecule has 2 aliphatic heterocycles. The number of nitrogens with zero attached hydrogens (tertiary/aromatic N) is 1. The number of hydrogen-bond donors (Lipinski definition) is 0. The van der Waals surface area contributed by atoms with Crippen LogP contribution < -0.4 is 4.74 Å². The Bertz CT molecular complexity index is 880. The Morgan fingerprint density at radius 1 is 0.967 bits per heavy atom. The average Bonchev–Trinajstić information content (AvgIpc) is 3.05. The molecule has 0 amide bonds. The number of hydrogen-bond acceptors (Lipinski definition) is 6. The number of carbonyl (C=O) groups excluding carboxylic acids is 2. The van der Waals surface area contributed by atoms with Crippen LogP contribution in [0.5, 0.6) is 5.75 Å². The van der Waals surface area contributed by atoms with Gasteiger partial charge in [-0.3, -0.25) is 0 Å². The minimum absolute atomic E-state index is 0.0805. The Balaban J connectivity index is 1.33. The van der Waals surface area contributed by atoms with Gasteiger partial charge in [-0.25, -0.2) is 14.5 Å². The van der Waals surface area contributed by atoms with Crippen molar-refractivity contribution in [3.8, 4) is 16.9 Å². The van der Waals surface area contributed by atoms with Gasteiger partial charge in [0.05, 0.1) is 12.5 Å². The van der Waals surface area contributed by atoms with E-state index in [1.807, 2.05) is 54.3 Å². The van der Waals surface area contributed by atoms with E-state index in [0.717, 1.165) is 24.2 Å². The lowest BCUT2D eigenvalue weighted by Crippen LogP contribution is -2.60. The van der Waals surface area contributed by atoms with Crippen LogP contribution in [0.2, 0.25) is 0 Å². The minimum atomic E-state index is -1.27. The van der Waals surface area contributed by atoms with E-state index in [1.54, 1.807) is 0 Å². The predicted molar refractivity (Wildman–Crippen MR) is 111 cm³/mol. The Labute approximate surface area is 176 Å². The molecule has 0 aliphatic carbocycles. The number of esters is 2. The summed E-state index contributed by atoms with van der Waals surface area (Å²) in [5.41, 5.74) is 2.31. The fourth-order valence-corrected chi connectivity index (χ4v) is 4.41. The largest absolute Gasteiger partial charge is 0.494 e. The second-order valence-electron chi connectivity index (χ2n) is 8.19. The molecule has 0 N–H and O–H groups in total. The molecule has 2 fully saturated rings. The molecule has 2 atom stereocenters. The van der Waals surface area contributed by atoms with Gasteiger partial charge in [0.15, 0.2) is 0 Å². The summed E-state index contributed by atoms with van der Waals surface area (Å²) in [4.78, 5) is 25.4. The molecular weight excluding hydrogens is 382 g/mol. The van der Waals surface area contributed by atoms with Crippen molar-refractivity contribution >= 4 is 11.9 Å². The topological polar surface area (TPSA) is 65.1 Å². The number of carbonyl (C=O) groups is 2. The lowest BCUT2D eigenvalue weighted by atomic mass is 9.88. The molecule has 0 radical (unpaired) electrons. The highest BCUT2D eigenvalue weighted by Crippen LogP contribution is 2.41. The smallest absolute Gasteiger partial charge is 0.421 e. The van der Waals surface area contributed by atoms with E-state index < -0.39 is 17.8 Å².